The molecule has 20 heteroatoms. The van der Waals surface area contributed by atoms with Gasteiger partial charge in [-0.25, -0.2) is 4.99 Å². The maximum Gasteiger partial charge on any atom is 0.416 e. The first kappa shape index (κ1) is 47.1. The molecule has 66 heavy (non-hydrogen) atoms. The Morgan fingerprint density at radius 1 is 0.818 bits per heavy atom. The van der Waals surface area contributed by atoms with Gasteiger partial charge in [-0.05, 0) is 74.4 Å². The third-order valence-corrected chi connectivity index (χ3v) is 11.0. The fourth-order valence-corrected chi connectivity index (χ4v) is 7.67. The van der Waals surface area contributed by atoms with E-state index >= 15 is 0 Å². The molecule has 0 radical (unpaired) electrons. The van der Waals surface area contributed by atoms with Crippen molar-refractivity contribution in [2.75, 3.05) is 58.0 Å². The number of nitrogens with one attached hydrogen (secondary N) is 3. The monoisotopic (exact) mass is 913 g/mol. The molecule has 0 fully saturated rings. The van der Waals surface area contributed by atoms with E-state index in [1.54, 1.807) is 22.8 Å². The summed E-state index contributed by atoms with van der Waals surface area (Å²) in [6.07, 6.45) is -1.06. The van der Waals surface area contributed by atoms with Gasteiger partial charge in [0, 0.05) is 47.8 Å². The predicted octanol–water partition coefficient (Wildman–Crippen LogP) is 3.08. The Morgan fingerprint density at radius 3 is 2.21 bits per heavy atom. The number of aliphatic imine (C=N–C) groups is 1. The highest BCUT2D eigenvalue weighted by Gasteiger charge is 2.44. The molecule has 4 aromatic rings. The number of benzene rings is 3. The standard InChI is InChI=1S/C46H46F3N7O10/c1-27-5-11-31-33-25-28(6-12-35(33)55(42(31)53-27)30-9-7-29(8-10-30)46(47,48)49)43(61)51-18-17-50-39(59)15-19-64-21-23-66-24-22-65-20-16-40(60)54-34-4-2-3-32-41(34)45(63)56(44(32)62)36-13-14-38(58)52-26-37(36)57/h2-4,6-12,25-27,36H,5,13-24H2,1H3,(H,50,59)(H,51,61)(H,54,60). The SMILES string of the molecule is CC1CC=c2c(n(-c3ccc(C(F)(F)F)cc3)c3ccc(C(=O)NCCNC(=O)CCOCCOCCOCCC(=O)Nc4cccc5c4C(=O)N(C4CCC(=O)N=CC4=O)C5=O)cc23)=N1. The van der Waals surface area contributed by atoms with Gasteiger partial charge in [-0.2, -0.15) is 13.2 Å². The molecular weight excluding hydrogens is 868 g/mol. The number of rotatable bonds is 19. The Hall–Kier alpha value is -6.90. The van der Waals surface area contributed by atoms with Crippen LogP contribution in [0.2, 0.25) is 0 Å². The molecule has 0 aliphatic carbocycles. The highest BCUT2D eigenvalue weighted by molar-refractivity contribution is 6.35. The molecule has 1 aromatic heterocycles. The minimum atomic E-state index is -4.46. The molecule has 3 aliphatic heterocycles. The number of amides is 6. The molecule has 7 rings (SSSR count). The number of halogens is 3. The topological polar surface area (TPSA) is 216 Å². The van der Waals surface area contributed by atoms with Crippen molar-refractivity contribution in [3.63, 3.8) is 0 Å². The third kappa shape index (κ3) is 11.0. The van der Waals surface area contributed by atoms with Crippen LogP contribution in [0, 0.1) is 0 Å². The van der Waals surface area contributed by atoms with Crippen molar-refractivity contribution in [2.45, 2.75) is 57.3 Å². The van der Waals surface area contributed by atoms with Crippen molar-refractivity contribution in [1.82, 2.24) is 20.1 Å². The number of imide groups is 1. The maximum absolute atomic E-state index is 13.3. The van der Waals surface area contributed by atoms with E-state index in [0.29, 0.717) is 28.7 Å². The second-order valence-electron chi connectivity index (χ2n) is 15.6. The van der Waals surface area contributed by atoms with Crippen LogP contribution in [0.25, 0.3) is 22.7 Å². The number of aromatic nitrogens is 1. The van der Waals surface area contributed by atoms with Crippen LogP contribution in [-0.4, -0.2) is 122 Å². The van der Waals surface area contributed by atoms with Gasteiger partial charge in [0.2, 0.25) is 17.7 Å². The second kappa shape index (κ2) is 20.9. The first-order chi connectivity index (χ1) is 31.7. The number of Topliss-reactive ketones (excluding diaryl/α,β-unsaturated/α-hetero) is 1. The Balaban J connectivity index is 0.747. The van der Waals surface area contributed by atoms with E-state index in [-0.39, 0.29) is 113 Å². The van der Waals surface area contributed by atoms with Gasteiger partial charge in [0.15, 0.2) is 5.78 Å². The molecule has 0 saturated carbocycles. The summed E-state index contributed by atoms with van der Waals surface area (Å²) < 4.78 is 57.9. The van der Waals surface area contributed by atoms with Gasteiger partial charge < -0.3 is 30.2 Å². The Kier molecular flexibility index (Phi) is 14.9. The van der Waals surface area contributed by atoms with Crippen molar-refractivity contribution in [1.29, 1.82) is 0 Å². The summed E-state index contributed by atoms with van der Waals surface area (Å²) >= 11 is 0. The zero-order chi connectivity index (χ0) is 47.0. The van der Waals surface area contributed by atoms with E-state index in [1.807, 2.05) is 13.0 Å². The molecule has 3 aliphatic rings. The third-order valence-electron chi connectivity index (χ3n) is 11.0. The van der Waals surface area contributed by atoms with Crippen LogP contribution >= 0.6 is 0 Å². The van der Waals surface area contributed by atoms with Crippen molar-refractivity contribution in [3.05, 3.63) is 93.6 Å². The molecule has 0 spiro atoms. The predicted molar refractivity (Wildman–Crippen MR) is 232 cm³/mol. The average molecular weight is 914 g/mol. The summed E-state index contributed by atoms with van der Waals surface area (Å²) in [5, 5.41) is 9.70. The van der Waals surface area contributed by atoms with Crippen molar-refractivity contribution < 1.29 is 60.9 Å². The summed E-state index contributed by atoms with van der Waals surface area (Å²) in [5.41, 5.74) is 1.56. The average Bonchev–Trinajstić information content (AvgIpc) is 3.67. The fraction of sp³-hybridized carbons (Fsp3) is 0.370. The molecule has 2 atom stereocenters. The Bertz CT molecular complexity index is 2720. The molecule has 6 amide bonds. The summed E-state index contributed by atoms with van der Waals surface area (Å²) in [7, 11) is 0. The van der Waals surface area contributed by atoms with Crippen LogP contribution < -0.4 is 26.7 Å². The minimum absolute atomic E-state index is 0.0266. The van der Waals surface area contributed by atoms with Gasteiger partial charge >= 0.3 is 6.18 Å². The lowest BCUT2D eigenvalue weighted by Gasteiger charge is -2.22. The zero-order valence-corrected chi connectivity index (χ0v) is 35.8. The van der Waals surface area contributed by atoms with Gasteiger partial charge in [-0.1, -0.05) is 12.1 Å². The Labute approximate surface area is 375 Å². The number of ketones is 1. The minimum Gasteiger partial charge on any atom is -0.379 e. The van der Waals surface area contributed by atoms with Crippen LogP contribution in [0.1, 0.15) is 75.7 Å². The molecule has 2 unspecified atom stereocenters. The van der Waals surface area contributed by atoms with Gasteiger partial charge in [0.1, 0.15) is 11.5 Å². The van der Waals surface area contributed by atoms with Gasteiger partial charge in [0.05, 0.1) is 86.2 Å². The lowest BCUT2D eigenvalue weighted by atomic mass is 10.1. The molecule has 3 aromatic carbocycles. The molecule has 0 saturated heterocycles. The first-order valence-corrected chi connectivity index (χ1v) is 21.3. The number of carbonyl (C=O) groups excluding carboxylic acids is 7. The van der Waals surface area contributed by atoms with E-state index < -0.39 is 47.2 Å². The number of ether oxygens (including phenoxy) is 3. The van der Waals surface area contributed by atoms with E-state index in [4.69, 9.17) is 19.2 Å². The summed E-state index contributed by atoms with van der Waals surface area (Å²) in [4.78, 5) is 97.8. The zero-order valence-electron chi connectivity index (χ0n) is 35.8. The van der Waals surface area contributed by atoms with Crippen LogP contribution in [0.5, 0.6) is 0 Å². The van der Waals surface area contributed by atoms with Crippen molar-refractivity contribution in [3.8, 4) is 5.69 Å². The van der Waals surface area contributed by atoms with Crippen LogP contribution in [0.15, 0.2) is 70.6 Å². The highest BCUT2D eigenvalue weighted by atomic mass is 19.4. The van der Waals surface area contributed by atoms with E-state index in [1.165, 1.54) is 30.3 Å². The van der Waals surface area contributed by atoms with Crippen LogP contribution in [0.4, 0.5) is 18.9 Å². The summed E-state index contributed by atoms with van der Waals surface area (Å²) in [6, 6.07) is 13.2. The fourth-order valence-electron chi connectivity index (χ4n) is 7.67. The largest absolute Gasteiger partial charge is 0.416 e. The summed E-state index contributed by atoms with van der Waals surface area (Å²) in [5.74, 6) is -3.69. The van der Waals surface area contributed by atoms with Crippen LogP contribution in [0.3, 0.4) is 0 Å². The van der Waals surface area contributed by atoms with Crippen LogP contribution in [-0.2, 0) is 39.6 Å². The second-order valence-corrected chi connectivity index (χ2v) is 15.6. The molecule has 4 heterocycles. The number of anilines is 1. The summed E-state index contributed by atoms with van der Waals surface area (Å²) in [6.45, 7) is 3.33. The first-order valence-electron chi connectivity index (χ1n) is 21.3. The van der Waals surface area contributed by atoms with Gasteiger partial charge in [-0.3, -0.25) is 48.0 Å². The van der Waals surface area contributed by atoms with Crippen molar-refractivity contribution in [2.24, 2.45) is 9.98 Å². The number of hydrogen-bond acceptors (Lipinski definition) is 11. The molecule has 17 nitrogen and oxygen atoms in total. The number of nitrogens with zero attached hydrogens (tertiary/aromatic N) is 4. The molecule has 346 valence electrons. The maximum atomic E-state index is 13.3. The number of carbonyl (C=O) groups is 7. The number of alkyl halides is 3. The number of hydrogen-bond donors (Lipinski definition) is 3. The normalized spacial score (nSPS) is 16.9. The van der Waals surface area contributed by atoms with Gasteiger partial charge in [0.25, 0.3) is 17.7 Å². The van der Waals surface area contributed by atoms with Gasteiger partial charge in [-0.15, -0.1) is 0 Å². The highest BCUT2D eigenvalue weighted by Crippen LogP contribution is 2.33. The van der Waals surface area contributed by atoms with E-state index in [0.717, 1.165) is 33.9 Å². The van der Waals surface area contributed by atoms with E-state index in [2.05, 4.69) is 20.9 Å². The van der Waals surface area contributed by atoms with Crippen molar-refractivity contribution >= 4 is 70.1 Å². The molecular formula is C46H46F3N7O10. The molecule has 3 N–H and O–H groups in total. The lowest BCUT2D eigenvalue weighted by Crippen LogP contribution is -2.45. The lowest BCUT2D eigenvalue weighted by molar-refractivity contribution is -0.137. The molecule has 0 bridgehead atoms. The Morgan fingerprint density at radius 2 is 1.50 bits per heavy atom. The quantitative estimate of drug-likeness (QED) is 0.0923. The van der Waals surface area contributed by atoms with E-state index in [9.17, 15) is 46.7 Å². The smallest absolute Gasteiger partial charge is 0.379 e. The number of fused-ring (bicyclic) bond motifs is 4.